The first kappa shape index (κ1) is 18.6. The molecule has 1 atom stereocenters. The minimum atomic E-state index is -0.737. The fourth-order valence-corrected chi connectivity index (χ4v) is 3.80. The lowest BCUT2D eigenvalue weighted by molar-refractivity contribution is -0.132. The molecule has 1 unspecified atom stereocenters. The molecule has 1 saturated heterocycles. The lowest BCUT2D eigenvalue weighted by Gasteiger charge is -2.26. The first-order chi connectivity index (χ1) is 14.0. The Labute approximate surface area is 169 Å². The molecule has 0 radical (unpaired) electrons. The van der Waals surface area contributed by atoms with Gasteiger partial charge >= 0.3 is 0 Å². The number of hydrogen-bond donors (Lipinski definition) is 1. The summed E-state index contributed by atoms with van der Waals surface area (Å²) in [4.78, 5) is 31.6. The first-order valence-electron chi connectivity index (χ1n) is 9.32. The molecule has 2 aromatic carbocycles. The van der Waals surface area contributed by atoms with Crippen molar-refractivity contribution in [3.63, 3.8) is 0 Å². The van der Waals surface area contributed by atoms with E-state index in [0.717, 1.165) is 11.1 Å². The van der Waals surface area contributed by atoms with Crippen LogP contribution < -0.4 is 4.90 Å². The number of rotatable bonds is 3. The van der Waals surface area contributed by atoms with Gasteiger partial charge < -0.3 is 5.11 Å². The lowest BCUT2D eigenvalue weighted by Crippen LogP contribution is -2.29. The van der Waals surface area contributed by atoms with Gasteiger partial charge in [0.15, 0.2) is 0 Å². The van der Waals surface area contributed by atoms with E-state index in [9.17, 15) is 14.7 Å². The van der Waals surface area contributed by atoms with Crippen molar-refractivity contribution in [1.82, 2.24) is 4.98 Å². The molecule has 5 heteroatoms. The van der Waals surface area contributed by atoms with Gasteiger partial charge in [-0.15, -0.1) is 0 Å². The molecule has 1 amide bonds. The molecule has 3 aromatic rings. The molecule has 2 heterocycles. The predicted molar refractivity (Wildman–Crippen MR) is 111 cm³/mol. The highest BCUT2D eigenvalue weighted by Gasteiger charge is 2.47. The number of hydrogen-bond acceptors (Lipinski definition) is 4. The maximum Gasteiger partial charge on any atom is 0.300 e. The summed E-state index contributed by atoms with van der Waals surface area (Å²) in [5, 5.41) is 11.0. The van der Waals surface area contributed by atoms with Gasteiger partial charge in [-0.05, 0) is 54.8 Å². The highest BCUT2D eigenvalue weighted by atomic mass is 16.3. The van der Waals surface area contributed by atoms with Crippen LogP contribution in [0.4, 0.5) is 5.69 Å². The van der Waals surface area contributed by atoms with Crippen LogP contribution in [0, 0.1) is 13.8 Å². The molecule has 1 aliphatic rings. The summed E-state index contributed by atoms with van der Waals surface area (Å²) >= 11 is 0. The zero-order valence-corrected chi connectivity index (χ0v) is 16.2. The number of pyridine rings is 1. The van der Waals surface area contributed by atoms with Crippen molar-refractivity contribution >= 4 is 23.1 Å². The number of aliphatic hydroxyl groups is 1. The average Bonchev–Trinajstić information content (AvgIpc) is 2.99. The van der Waals surface area contributed by atoms with Gasteiger partial charge in [0.2, 0.25) is 0 Å². The van der Waals surface area contributed by atoms with E-state index in [0.29, 0.717) is 16.8 Å². The zero-order valence-electron chi connectivity index (χ0n) is 16.2. The number of benzene rings is 2. The number of nitrogens with zero attached hydrogens (tertiary/aromatic N) is 2. The van der Waals surface area contributed by atoms with Crippen LogP contribution in [0.1, 0.15) is 28.3 Å². The molecule has 1 fully saturated rings. The summed E-state index contributed by atoms with van der Waals surface area (Å²) in [6, 6.07) is 17.3. The van der Waals surface area contributed by atoms with Crippen LogP contribution in [0.25, 0.3) is 5.76 Å². The topological polar surface area (TPSA) is 70.5 Å². The molecule has 4 rings (SSSR count). The van der Waals surface area contributed by atoms with Gasteiger partial charge in [-0.2, -0.15) is 0 Å². The van der Waals surface area contributed by atoms with Crippen molar-refractivity contribution in [3.8, 4) is 0 Å². The number of Topliss-reactive ketones (excluding diaryl/α,β-unsaturated/α-hetero) is 1. The smallest absolute Gasteiger partial charge is 0.300 e. The van der Waals surface area contributed by atoms with Crippen molar-refractivity contribution < 1.29 is 14.7 Å². The molecule has 0 saturated carbocycles. The highest BCUT2D eigenvalue weighted by Crippen LogP contribution is 2.42. The molecular formula is C24H20N2O3. The summed E-state index contributed by atoms with van der Waals surface area (Å²) in [5.74, 6) is -1.54. The highest BCUT2D eigenvalue weighted by molar-refractivity contribution is 6.51. The summed E-state index contributed by atoms with van der Waals surface area (Å²) < 4.78 is 0. The Hall–Kier alpha value is -3.73. The summed E-state index contributed by atoms with van der Waals surface area (Å²) in [5.41, 5.74) is 3.86. The van der Waals surface area contributed by atoms with Crippen molar-refractivity contribution in [3.05, 3.63) is 101 Å². The minimum Gasteiger partial charge on any atom is -0.507 e. The molecule has 144 valence electrons. The van der Waals surface area contributed by atoms with E-state index < -0.39 is 17.7 Å². The average molecular weight is 384 g/mol. The predicted octanol–water partition coefficient (Wildman–Crippen LogP) is 4.32. The molecule has 0 spiro atoms. The Balaban J connectivity index is 1.97. The number of carbonyl (C=O) groups is 2. The Morgan fingerprint density at radius 2 is 1.55 bits per heavy atom. The van der Waals surface area contributed by atoms with Crippen LogP contribution >= 0.6 is 0 Å². The molecule has 1 aliphatic heterocycles. The van der Waals surface area contributed by atoms with Crippen LogP contribution in [-0.4, -0.2) is 21.8 Å². The number of anilines is 1. The van der Waals surface area contributed by atoms with Crippen molar-refractivity contribution in [2.75, 3.05) is 4.90 Å². The number of amides is 1. The largest absolute Gasteiger partial charge is 0.507 e. The van der Waals surface area contributed by atoms with Gasteiger partial charge in [-0.25, -0.2) is 0 Å². The monoisotopic (exact) mass is 384 g/mol. The SMILES string of the molecule is Cc1cc(C)cc(N2C(=O)C(=O)/C(=C(/O)c3ccccc3)C2c2ccncc2)c1. The molecule has 1 N–H and O–H groups in total. The first-order valence-corrected chi connectivity index (χ1v) is 9.32. The second kappa shape index (κ2) is 7.36. The Morgan fingerprint density at radius 1 is 0.931 bits per heavy atom. The van der Waals surface area contributed by atoms with Gasteiger partial charge in [-0.1, -0.05) is 36.4 Å². The molecule has 5 nitrogen and oxygen atoms in total. The van der Waals surface area contributed by atoms with Gasteiger partial charge in [0.1, 0.15) is 5.76 Å². The summed E-state index contributed by atoms with van der Waals surface area (Å²) in [6.07, 6.45) is 3.22. The number of aryl methyl sites for hydroxylation is 2. The number of carbonyl (C=O) groups excluding carboxylic acids is 2. The zero-order chi connectivity index (χ0) is 20.5. The van der Waals surface area contributed by atoms with Crippen LogP contribution in [0.3, 0.4) is 0 Å². The normalized spacial score (nSPS) is 18.3. The third kappa shape index (κ3) is 3.31. The number of ketones is 1. The number of aromatic nitrogens is 1. The standard InChI is InChI=1S/C24H20N2O3/c1-15-12-16(2)14-19(13-15)26-21(17-8-10-25-11-9-17)20(23(28)24(26)29)22(27)18-6-4-3-5-7-18/h3-14,21,27H,1-2H3/b22-20+. The Bertz CT molecular complexity index is 1100. The van der Waals surface area contributed by atoms with E-state index >= 15 is 0 Å². The summed E-state index contributed by atoms with van der Waals surface area (Å²) in [6.45, 7) is 3.89. The third-order valence-corrected chi connectivity index (χ3v) is 5.00. The molecule has 0 aliphatic carbocycles. The van der Waals surface area contributed by atoms with Crippen LogP contribution in [0.15, 0.2) is 78.6 Å². The number of aliphatic hydroxyl groups excluding tert-OH is 1. The van der Waals surface area contributed by atoms with Crippen molar-refractivity contribution in [2.45, 2.75) is 19.9 Å². The lowest BCUT2D eigenvalue weighted by atomic mass is 9.95. The van der Waals surface area contributed by atoms with Crippen molar-refractivity contribution in [2.24, 2.45) is 0 Å². The van der Waals surface area contributed by atoms with Crippen LogP contribution in [0.2, 0.25) is 0 Å². The van der Waals surface area contributed by atoms with E-state index in [1.807, 2.05) is 38.1 Å². The molecule has 0 bridgehead atoms. The maximum absolute atomic E-state index is 13.1. The summed E-state index contributed by atoms with van der Waals surface area (Å²) in [7, 11) is 0. The van der Waals surface area contributed by atoms with E-state index in [1.165, 1.54) is 4.90 Å². The second-order valence-electron chi connectivity index (χ2n) is 7.16. The quantitative estimate of drug-likeness (QED) is 0.415. The Kier molecular flexibility index (Phi) is 4.72. The van der Waals surface area contributed by atoms with Crippen LogP contribution in [-0.2, 0) is 9.59 Å². The van der Waals surface area contributed by atoms with E-state index in [-0.39, 0.29) is 11.3 Å². The Morgan fingerprint density at radius 3 is 2.17 bits per heavy atom. The van der Waals surface area contributed by atoms with Gasteiger partial charge in [0.05, 0.1) is 11.6 Å². The van der Waals surface area contributed by atoms with Crippen LogP contribution in [0.5, 0.6) is 0 Å². The molecule has 29 heavy (non-hydrogen) atoms. The van der Waals surface area contributed by atoms with E-state index in [1.54, 1.807) is 48.8 Å². The third-order valence-electron chi connectivity index (χ3n) is 5.00. The second-order valence-corrected chi connectivity index (χ2v) is 7.16. The molecule has 1 aromatic heterocycles. The fraction of sp³-hybridized carbons (Fsp3) is 0.125. The van der Waals surface area contributed by atoms with Gasteiger partial charge in [0, 0.05) is 23.6 Å². The van der Waals surface area contributed by atoms with E-state index in [2.05, 4.69) is 4.98 Å². The maximum atomic E-state index is 13.1. The fourth-order valence-electron chi connectivity index (χ4n) is 3.80. The van der Waals surface area contributed by atoms with E-state index in [4.69, 9.17) is 0 Å². The van der Waals surface area contributed by atoms with Crippen molar-refractivity contribution in [1.29, 1.82) is 0 Å². The van der Waals surface area contributed by atoms with Gasteiger partial charge in [-0.3, -0.25) is 19.5 Å². The minimum absolute atomic E-state index is 0.0755. The molecular weight excluding hydrogens is 364 g/mol. The van der Waals surface area contributed by atoms with Gasteiger partial charge in [0.25, 0.3) is 11.7 Å².